The van der Waals surface area contributed by atoms with Gasteiger partial charge in [-0.1, -0.05) is 46.3 Å². The first-order valence-corrected chi connectivity index (χ1v) is 9.53. The Morgan fingerprint density at radius 1 is 1.27 bits per heavy atom. The Kier molecular flexibility index (Phi) is 4.41. The van der Waals surface area contributed by atoms with E-state index in [0.29, 0.717) is 11.9 Å². The van der Waals surface area contributed by atoms with E-state index in [2.05, 4.69) is 38.8 Å². The summed E-state index contributed by atoms with van der Waals surface area (Å²) in [6, 6.07) is 14.1. The molecule has 0 saturated carbocycles. The minimum absolute atomic E-state index is 0.204. The number of aromatic nitrogens is 1. The summed E-state index contributed by atoms with van der Waals surface area (Å²) < 4.78 is 2.93. The summed E-state index contributed by atoms with van der Waals surface area (Å²) in [5, 5.41) is 3.49. The fraction of sp³-hybridized carbons (Fsp3) is 0.238. The van der Waals surface area contributed by atoms with Crippen LogP contribution in [0.2, 0.25) is 0 Å². The number of pyridine rings is 1. The van der Waals surface area contributed by atoms with Gasteiger partial charge in [0.05, 0.1) is 5.52 Å². The van der Waals surface area contributed by atoms with Crippen molar-refractivity contribution in [2.75, 3.05) is 6.54 Å². The molecular formula is C21H19BrN2O2. The van der Waals surface area contributed by atoms with Crippen LogP contribution in [0.5, 0.6) is 0 Å². The van der Waals surface area contributed by atoms with Gasteiger partial charge in [0.25, 0.3) is 5.91 Å². The average Bonchev–Trinajstić information content (AvgIpc) is 2.94. The summed E-state index contributed by atoms with van der Waals surface area (Å²) in [7, 11) is 0. The molecule has 0 saturated heterocycles. The lowest BCUT2D eigenvalue weighted by Gasteiger charge is -2.13. The summed E-state index contributed by atoms with van der Waals surface area (Å²) in [4.78, 5) is 25.5. The van der Waals surface area contributed by atoms with Crippen LogP contribution in [0.1, 0.15) is 34.5 Å². The molecule has 0 spiro atoms. The molecule has 5 heteroatoms. The monoisotopic (exact) mass is 410 g/mol. The van der Waals surface area contributed by atoms with Crippen molar-refractivity contribution in [1.29, 1.82) is 0 Å². The third-order valence-corrected chi connectivity index (χ3v) is 5.40. The molecule has 1 aliphatic heterocycles. The van der Waals surface area contributed by atoms with Crippen molar-refractivity contribution in [3.63, 3.8) is 0 Å². The van der Waals surface area contributed by atoms with Gasteiger partial charge in [0, 0.05) is 28.6 Å². The highest BCUT2D eigenvalue weighted by molar-refractivity contribution is 9.10. The number of nitrogens with zero attached hydrogens (tertiary/aromatic N) is 1. The first-order chi connectivity index (χ1) is 12.5. The molecule has 0 fully saturated rings. The first kappa shape index (κ1) is 17.0. The highest BCUT2D eigenvalue weighted by Crippen LogP contribution is 2.33. The van der Waals surface area contributed by atoms with E-state index >= 15 is 0 Å². The van der Waals surface area contributed by atoms with Crippen LogP contribution in [0.25, 0.3) is 10.9 Å². The SMILES string of the molecule is CC1Cc2cc(Br)cc3c(=O)c(C(=O)NCCc4ccccc4)cn1c23. The summed E-state index contributed by atoms with van der Waals surface area (Å²) >= 11 is 3.48. The van der Waals surface area contributed by atoms with Crippen LogP contribution < -0.4 is 10.7 Å². The van der Waals surface area contributed by atoms with Gasteiger partial charge in [0.1, 0.15) is 5.56 Å². The number of carbonyl (C=O) groups is 1. The first-order valence-electron chi connectivity index (χ1n) is 8.74. The lowest BCUT2D eigenvalue weighted by Crippen LogP contribution is -2.31. The zero-order valence-electron chi connectivity index (χ0n) is 14.5. The van der Waals surface area contributed by atoms with E-state index in [1.165, 1.54) is 0 Å². The molecule has 0 bridgehead atoms. The molecule has 2 heterocycles. The molecule has 1 N–H and O–H groups in total. The quantitative estimate of drug-likeness (QED) is 0.709. The van der Waals surface area contributed by atoms with E-state index in [1.54, 1.807) is 6.20 Å². The van der Waals surface area contributed by atoms with Crippen LogP contribution in [0.3, 0.4) is 0 Å². The second-order valence-corrected chi connectivity index (χ2v) is 7.70. The van der Waals surface area contributed by atoms with Crippen LogP contribution in [0, 0.1) is 0 Å². The second kappa shape index (κ2) is 6.72. The molecule has 0 aliphatic carbocycles. The van der Waals surface area contributed by atoms with Crippen LogP contribution in [0.4, 0.5) is 0 Å². The van der Waals surface area contributed by atoms with Gasteiger partial charge in [-0.25, -0.2) is 0 Å². The number of nitrogens with one attached hydrogen (secondary N) is 1. The predicted molar refractivity (Wildman–Crippen MR) is 107 cm³/mol. The van der Waals surface area contributed by atoms with Gasteiger partial charge in [0.2, 0.25) is 5.43 Å². The standard InChI is InChI=1S/C21H19BrN2O2/c1-13-9-15-10-16(22)11-17-19(15)24(13)12-18(20(17)25)21(26)23-8-7-14-5-3-2-4-6-14/h2-6,10-13H,7-9H2,1H3,(H,23,26). The molecule has 4 rings (SSSR count). The summed E-state index contributed by atoms with van der Waals surface area (Å²) in [5.74, 6) is -0.308. The minimum atomic E-state index is -0.308. The topological polar surface area (TPSA) is 51.1 Å². The molecule has 2 aromatic carbocycles. The second-order valence-electron chi connectivity index (χ2n) is 6.78. The van der Waals surface area contributed by atoms with Gasteiger partial charge in [-0.3, -0.25) is 9.59 Å². The lowest BCUT2D eigenvalue weighted by atomic mass is 10.1. The lowest BCUT2D eigenvalue weighted by molar-refractivity contribution is 0.0952. The Bertz CT molecular complexity index is 1060. The Balaban J connectivity index is 1.64. The molecule has 132 valence electrons. The molecule has 3 aromatic rings. The smallest absolute Gasteiger partial charge is 0.256 e. The van der Waals surface area contributed by atoms with Crippen LogP contribution in [-0.4, -0.2) is 17.0 Å². The van der Waals surface area contributed by atoms with Crippen LogP contribution in [0.15, 0.2) is 57.9 Å². The number of halogens is 1. The molecule has 1 aliphatic rings. The zero-order valence-corrected chi connectivity index (χ0v) is 16.0. The van der Waals surface area contributed by atoms with Gasteiger partial charge in [-0.05, 0) is 43.0 Å². The van der Waals surface area contributed by atoms with Crippen molar-refractivity contribution in [3.8, 4) is 0 Å². The maximum Gasteiger partial charge on any atom is 0.256 e. The molecule has 4 nitrogen and oxygen atoms in total. The van der Waals surface area contributed by atoms with E-state index in [1.807, 2.05) is 36.4 Å². The molecular weight excluding hydrogens is 392 g/mol. The Hall–Kier alpha value is -2.40. The minimum Gasteiger partial charge on any atom is -0.352 e. The van der Waals surface area contributed by atoms with Crippen molar-refractivity contribution in [2.24, 2.45) is 0 Å². The van der Waals surface area contributed by atoms with Gasteiger partial charge >= 0.3 is 0 Å². The van der Waals surface area contributed by atoms with Crippen molar-refractivity contribution in [1.82, 2.24) is 9.88 Å². The third-order valence-electron chi connectivity index (χ3n) is 4.95. The van der Waals surface area contributed by atoms with Gasteiger partial charge in [0.15, 0.2) is 0 Å². The van der Waals surface area contributed by atoms with E-state index in [-0.39, 0.29) is 22.9 Å². The van der Waals surface area contributed by atoms with Crippen molar-refractivity contribution in [2.45, 2.75) is 25.8 Å². The maximum absolute atomic E-state index is 12.9. The maximum atomic E-state index is 12.9. The van der Waals surface area contributed by atoms with E-state index in [9.17, 15) is 9.59 Å². The summed E-state index contributed by atoms with van der Waals surface area (Å²) in [6.07, 6.45) is 3.33. The normalized spacial score (nSPS) is 15.4. The molecule has 1 aromatic heterocycles. The molecule has 26 heavy (non-hydrogen) atoms. The number of benzene rings is 2. The number of rotatable bonds is 4. The van der Waals surface area contributed by atoms with Gasteiger partial charge < -0.3 is 9.88 Å². The zero-order chi connectivity index (χ0) is 18.3. The molecule has 1 amide bonds. The summed E-state index contributed by atoms with van der Waals surface area (Å²) in [6.45, 7) is 2.61. The van der Waals surface area contributed by atoms with Gasteiger partial charge in [-0.15, -0.1) is 0 Å². The predicted octanol–water partition coefficient (Wildman–Crippen LogP) is 3.85. The molecule has 1 atom stereocenters. The number of hydrogen-bond acceptors (Lipinski definition) is 2. The van der Waals surface area contributed by atoms with E-state index in [0.717, 1.165) is 34.0 Å². The number of carbonyl (C=O) groups excluding carboxylic acids is 1. The van der Waals surface area contributed by atoms with Crippen LogP contribution in [-0.2, 0) is 12.8 Å². The van der Waals surface area contributed by atoms with Crippen LogP contribution >= 0.6 is 15.9 Å². The third kappa shape index (κ3) is 2.97. The Morgan fingerprint density at radius 2 is 2.04 bits per heavy atom. The summed E-state index contributed by atoms with van der Waals surface area (Å²) in [5.41, 5.74) is 3.26. The highest BCUT2D eigenvalue weighted by Gasteiger charge is 2.25. The van der Waals surface area contributed by atoms with E-state index < -0.39 is 0 Å². The largest absolute Gasteiger partial charge is 0.352 e. The number of amides is 1. The molecule has 1 unspecified atom stereocenters. The van der Waals surface area contributed by atoms with E-state index in [4.69, 9.17) is 0 Å². The Morgan fingerprint density at radius 3 is 2.81 bits per heavy atom. The van der Waals surface area contributed by atoms with Crippen molar-refractivity contribution < 1.29 is 4.79 Å². The highest BCUT2D eigenvalue weighted by atomic mass is 79.9. The number of hydrogen-bond donors (Lipinski definition) is 1. The fourth-order valence-corrected chi connectivity index (χ4v) is 4.19. The Labute approximate surface area is 160 Å². The van der Waals surface area contributed by atoms with Crippen molar-refractivity contribution >= 4 is 32.7 Å². The van der Waals surface area contributed by atoms with Gasteiger partial charge in [-0.2, -0.15) is 0 Å². The fourth-order valence-electron chi connectivity index (χ4n) is 3.68. The average molecular weight is 411 g/mol. The van der Waals surface area contributed by atoms with Crippen molar-refractivity contribution in [3.05, 3.63) is 80.0 Å². The molecule has 0 radical (unpaired) electrons.